The zero-order valence-corrected chi connectivity index (χ0v) is 5.64. The summed E-state index contributed by atoms with van der Waals surface area (Å²) in [6, 6.07) is 0. The van der Waals surface area contributed by atoms with E-state index in [-0.39, 0.29) is 12.5 Å². The van der Waals surface area contributed by atoms with Crippen LogP contribution in [0.2, 0.25) is 0 Å². The first kappa shape index (κ1) is 8.10. The van der Waals surface area contributed by atoms with Gasteiger partial charge in [0, 0.05) is 7.05 Å². The largest absolute Gasteiger partial charge is 0.311 e. The van der Waals surface area contributed by atoms with Crippen molar-refractivity contribution in [2.75, 3.05) is 20.6 Å². The summed E-state index contributed by atoms with van der Waals surface area (Å²) in [6.07, 6.45) is 0.986. The second kappa shape index (κ2) is 4.03. The maximum absolute atomic E-state index is 10.7. The topological polar surface area (TPSA) is 56.2 Å². The summed E-state index contributed by atoms with van der Waals surface area (Å²) >= 11 is 0. The lowest BCUT2D eigenvalue weighted by Gasteiger charge is -2.08. The smallest absolute Gasteiger partial charge is 0.241 e. The molecule has 0 aliphatic rings. The Balaban J connectivity index is 3.58. The van der Waals surface area contributed by atoms with Crippen molar-refractivity contribution in [3.05, 3.63) is 0 Å². The maximum atomic E-state index is 10.7. The van der Waals surface area contributed by atoms with E-state index < -0.39 is 0 Å². The quantitative estimate of drug-likeness (QED) is 0.390. The average molecular weight is 129 g/mol. The molecular weight excluding hydrogens is 118 g/mol. The lowest BCUT2D eigenvalue weighted by molar-refractivity contribution is -0.125. The number of likely N-dealkylation sites (N-methyl/N-ethyl adjacent to an activating group) is 2. The first-order valence-corrected chi connectivity index (χ1v) is 2.63. The molecule has 0 saturated heterocycles. The number of amides is 1. The normalized spacial score (nSPS) is 8.67. The number of hydrogen-bond donors (Lipinski definition) is 2. The van der Waals surface area contributed by atoms with Crippen molar-refractivity contribution in [2.24, 2.45) is 0 Å². The number of hydrogen-bond acceptors (Lipinski definition) is 3. The van der Waals surface area contributed by atoms with E-state index in [1.807, 2.05) is 0 Å². The highest BCUT2D eigenvalue weighted by atomic mass is 16.2. The van der Waals surface area contributed by atoms with Gasteiger partial charge in [-0.25, -0.2) is 0 Å². The van der Waals surface area contributed by atoms with E-state index in [1.165, 1.54) is 4.90 Å². The Bertz CT molecular complexity index is 113. The first-order valence-electron chi connectivity index (χ1n) is 2.63. The summed E-state index contributed by atoms with van der Waals surface area (Å²) in [4.78, 5) is 11.9. The Kier molecular flexibility index (Phi) is 3.62. The van der Waals surface area contributed by atoms with Gasteiger partial charge in [-0.15, -0.1) is 0 Å². The number of carbonyl (C=O) groups is 1. The lowest BCUT2D eigenvalue weighted by atomic mass is 10.5. The molecule has 0 aromatic heterocycles. The van der Waals surface area contributed by atoms with Gasteiger partial charge in [-0.3, -0.25) is 10.2 Å². The van der Waals surface area contributed by atoms with E-state index in [1.54, 1.807) is 14.1 Å². The predicted molar refractivity (Wildman–Crippen MR) is 35.5 cm³/mol. The van der Waals surface area contributed by atoms with Gasteiger partial charge in [0.15, 0.2) is 0 Å². The molecule has 0 atom stereocenters. The minimum Gasteiger partial charge on any atom is -0.311 e. The van der Waals surface area contributed by atoms with Crippen LogP contribution in [0.1, 0.15) is 0 Å². The summed E-state index contributed by atoms with van der Waals surface area (Å²) in [5, 5.41) is 9.36. The van der Waals surface area contributed by atoms with Gasteiger partial charge in [0.25, 0.3) is 0 Å². The second-order valence-corrected chi connectivity index (χ2v) is 1.66. The molecule has 1 amide bonds. The highest BCUT2D eigenvalue weighted by Gasteiger charge is 2.01. The van der Waals surface area contributed by atoms with Crippen molar-refractivity contribution in [3.63, 3.8) is 0 Å². The SMILES string of the molecule is CNCC(=O)N(C)C=N. The van der Waals surface area contributed by atoms with Crippen LogP contribution in [-0.2, 0) is 4.79 Å². The van der Waals surface area contributed by atoms with Crippen LogP contribution in [0.5, 0.6) is 0 Å². The van der Waals surface area contributed by atoms with Gasteiger partial charge in [-0.2, -0.15) is 0 Å². The molecular formula is C5H11N3O. The van der Waals surface area contributed by atoms with Crippen LogP contribution in [-0.4, -0.2) is 37.8 Å². The molecule has 9 heavy (non-hydrogen) atoms. The number of carbonyl (C=O) groups excluding carboxylic acids is 1. The fraction of sp³-hybridized carbons (Fsp3) is 0.600. The van der Waals surface area contributed by atoms with Crippen LogP contribution >= 0.6 is 0 Å². The molecule has 0 aliphatic carbocycles. The van der Waals surface area contributed by atoms with Crippen molar-refractivity contribution in [2.45, 2.75) is 0 Å². The van der Waals surface area contributed by atoms with Gasteiger partial charge in [0.1, 0.15) is 0 Å². The number of nitrogens with one attached hydrogen (secondary N) is 2. The highest BCUT2D eigenvalue weighted by molar-refractivity contribution is 5.87. The van der Waals surface area contributed by atoms with Gasteiger partial charge in [0.2, 0.25) is 5.91 Å². The molecule has 4 heteroatoms. The molecule has 0 unspecified atom stereocenters. The number of nitrogens with zero attached hydrogens (tertiary/aromatic N) is 1. The van der Waals surface area contributed by atoms with E-state index in [0.29, 0.717) is 0 Å². The van der Waals surface area contributed by atoms with Crippen molar-refractivity contribution in [1.82, 2.24) is 10.2 Å². The fourth-order valence-electron chi connectivity index (χ4n) is 0.348. The minimum atomic E-state index is -0.104. The van der Waals surface area contributed by atoms with E-state index in [4.69, 9.17) is 5.41 Å². The molecule has 0 fully saturated rings. The fourth-order valence-corrected chi connectivity index (χ4v) is 0.348. The molecule has 0 aromatic rings. The van der Waals surface area contributed by atoms with E-state index in [0.717, 1.165) is 6.34 Å². The molecule has 0 saturated carbocycles. The van der Waals surface area contributed by atoms with Crippen LogP contribution in [0.15, 0.2) is 0 Å². The molecule has 0 rings (SSSR count). The van der Waals surface area contributed by atoms with E-state index in [9.17, 15) is 4.79 Å². The Morgan fingerprint density at radius 3 is 2.78 bits per heavy atom. The van der Waals surface area contributed by atoms with E-state index in [2.05, 4.69) is 5.32 Å². The van der Waals surface area contributed by atoms with Gasteiger partial charge in [-0.05, 0) is 7.05 Å². The van der Waals surface area contributed by atoms with Crippen molar-refractivity contribution in [1.29, 1.82) is 5.41 Å². The van der Waals surface area contributed by atoms with Crippen molar-refractivity contribution in [3.8, 4) is 0 Å². The summed E-state index contributed by atoms with van der Waals surface area (Å²) in [7, 11) is 3.24. The number of rotatable bonds is 3. The van der Waals surface area contributed by atoms with Crippen molar-refractivity contribution < 1.29 is 4.79 Å². The van der Waals surface area contributed by atoms with Gasteiger partial charge in [0.05, 0.1) is 12.9 Å². The summed E-state index contributed by atoms with van der Waals surface area (Å²) in [6.45, 7) is 0.284. The average Bonchev–Trinajstić information content (AvgIpc) is 1.87. The van der Waals surface area contributed by atoms with Gasteiger partial charge in [-0.1, -0.05) is 0 Å². The third kappa shape index (κ3) is 2.81. The summed E-state index contributed by atoms with van der Waals surface area (Å²) < 4.78 is 0. The van der Waals surface area contributed by atoms with Crippen LogP contribution in [0.4, 0.5) is 0 Å². The highest BCUT2D eigenvalue weighted by Crippen LogP contribution is 1.74. The Morgan fingerprint density at radius 1 is 1.89 bits per heavy atom. The molecule has 0 radical (unpaired) electrons. The van der Waals surface area contributed by atoms with E-state index >= 15 is 0 Å². The molecule has 4 nitrogen and oxygen atoms in total. The Morgan fingerprint density at radius 2 is 2.44 bits per heavy atom. The van der Waals surface area contributed by atoms with Crippen molar-refractivity contribution >= 4 is 12.2 Å². The molecule has 0 heterocycles. The lowest BCUT2D eigenvalue weighted by Crippen LogP contribution is -2.32. The third-order valence-electron chi connectivity index (χ3n) is 0.915. The minimum absolute atomic E-state index is 0.104. The summed E-state index contributed by atoms with van der Waals surface area (Å²) in [5.41, 5.74) is 0. The van der Waals surface area contributed by atoms with Crippen LogP contribution in [0.25, 0.3) is 0 Å². The second-order valence-electron chi connectivity index (χ2n) is 1.66. The van der Waals surface area contributed by atoms with Gasteiger partial charge >= 0.3 is 0 Å². The van der Waals surface area contributed by atoms with Crippen LogP contribution in [0.3, 0.4) is 0 Å². The van der Waals surface area contributed by atoms with Gasteiger partial charge < -0.3 is 10.2 Å². The Hall–Kier alpha value is -0.900. The monoisotopic (exact) mass is 129 g/mol. The molecule has 2 N–H and O–H groups in total. The van der Waals surface area contributed by atoms with Crippen LogP contribution < -0.4 is 5.32 Å². The zero-order chi connectivity index (χ0) is 7.28. The molecule has 0 aromatic carbocycles. The summed E-state index contributed by atoms with van der Waals surface area (Å²) in [5.74, 6) is -0.104. The molecule has 52 valence electrons. The first-order chi connectivity index (χ1) is 4.22. The molecule has 0 aliphatic heterocycles. The van der Waals surface area contributed by atoms with Crippen LogP contribution in [0, 0.1) is 5.41 Å². The third-order valence-corrected chi connectivity index (χ3v) is 0.915. The molecule has 0 bridgehead atoms. The zero-order valence-electron chi connectivity index (χ0n) is 5.64. The Labute approximate surface area is 54.4 Å². The maximum Gasteiger partial charge on any atom is 0.241 e. The molecule has 0 spiro atoms. The predicted octanol–water partition coefficient (Wildman–Crippen LogP) is -0.729. The standard InChI is InChI=1S/C5H11N3O/c1-7-3-5(9)8(2)4-6/h4,6-7H,3H2,1-2H3.